The van der Waals surface area contributed by atoms with Gasteiger partial charge in [0.15, 0.2) is 0 Å². The van der Waals surface area contributed by atoms with Crippen LogP contribution in [-0.4, -0.2) is 37.8 Å². The average molecular weight is 595 g/mol. The van der Waals surface area contributed by atoms with Gasteiger partial charge < -0.3 is 4.90 Å². The molecule has 0 bridgehead atoms. The summed E-state index contributed by atoms with van der Waals surface area (Å²) in [6.45, 7) is 35.6. The van der Waals surface area contributed by atoms with Crippen LogP contribution in [0.2, 0.25) is 0 Å². The molecule has 0 aromatic heterocycles. The van der Waals surface area contributed by atoms with Crippen molar-refractivity contribution >= 4 is 5.71 Å². The lowest BCUT2D eigenvalue weighted by Gasteiger charge is -2.15. The van der Waals surface area contributed by atoms with E-state index in [4.69, 9.17) is 0 Å². The van der Waals surface area contributed by atoms with Gasteiger partial charge in [0, 0.05) is 13.6 Å². The molecule has 0 amide bonds. The standard InChI is InChI=1S/C21H40N2.C7H14.C6H14.3C2H6/c1-7-10-11-12-13-15-19(4)21(22-5)20(9-3)16-14-18-23(6)17-8-2;1-3-5-7-6-4-2;1-3-5-6-4-2;3*1-2/h16H,4,7-15,17-18H2,1-3,5-6H3;3H,1,4-7H2,2H3;3-6H2,1-2H3;3*1-2H3/b20-16+,22-21?;;;;;. The van der Waals surface area contributed by atoms with Gasteiger partial charge in [0.2, 0.25) is 0 Å². The minimum atomic E-state index is 1.04. The predicted octanol–water partition coefficient (Wildman–Crippen LogP) is 14.5. The third-order valence-electron chi connectivity index (χ3n) is 6.30. The van der Waals surface area contributed by atoms with Gasteiger partial charge in [0.25, 0.3) is 0 Å². The van der Waals surface area contributed by atoms with Crippen molar-refractivity contribution in [2.45, 2.75) is 192 Å². The zero-order valence-electron chi connectivity index (χ0n) is 32.4. The zero-order chi connectivity index (χ0) is 33.9. The minimum absolute atomic E-state index is 1.04. The normalized spacial score (nSPS) is 10.3. The van der Waals surface area contributed by atoms with Crippen molar-refractivity contribution in [3.8, 4) is 0 Å². The van der Waals surface area contributed by atoms with Gasteiger partial charge in [-0.25, -0.2) is 0 Å². The topological polar surface area (TPSA) is 15.6 Å². The molecule has 0 N–H and O–H groups in total. The second kappa shape index (κ2) is 55.7. The van der Waals surface area contributed by atoms with E-state index in [0.29, 0.717) is 0 Å². The van der Waals surface area contributed by atoms with Gasteiger partial charge >= 0.3 is 0 Å². The van der Waals surface area contributed by atoms with Crippen LogP contribution in [0.1, 0.15) is 192 Å². The molecule has 0 aromatic carbocycles. The van der Waals surface area contributed by atoms with Crippen LogP contribution in [0.5, 0.6) is 0 Å². The lowest BCUT2D eigenvalue weighted by Crippen LogP contribution is -2.20. The molecule has 0 spiro atoms. The minimum Gasteiger partial charge on any atom is -0.306 e. The van der Waals surface area contributed by atoms with E-state index in [0.717, 1.165) is 31.5 Å². The second-order valence-corrected chi connectivity index (χ2v) is 10.0. The van der Waals surface area contributed by atoms with Crippen LogP contribution in [0.15, 0.2) is 41.4 Å². The molecule has 0 atom stereocenters. The Morgan fingerprint density at radius 3 is 1.48 bits per heavy atom. The molecule has 0 rings (SSSR count). The SMILES string of the molecule is C=C(CCCCCCC)C(=NC)/C(=C/CCN(C)CCC)CC.C=CCCCCC.CC.CC.CC.CCCCCC. The molecule has 0 aliphatic heterocycles. The Morgan fingerprint density at radius 1 is 0.619 bits per heavy atom. The first-order chi connectivity index (χ1) is 20.4. The summed E-state index contributed by atoms with van der Waals surface area (Å²) in [6, 6.07) is 0. The molecule has 0 aromatic rings. The van der Waals surface area contributed by atoms with Gasteiger partial charge in [-0.1, -0.05) is 166 Å². The molecular weight excluding hydrogens is 508 g/mol. The monoisotopic (exact) mass is 595 g/mol. The summed E-state index contributed by atoms with van der Waals surface area (Å²) in [6.07, 6.45) is 26.1. The van der Waals surface area contributed by atoms with Crippen molar-refractivity contribution in [1.29, 1.82) is 0 Å². The molecule has 0 aliphatic rings. The van der Waals surface area contributed by atoms with Crippen molar-refractivity contribution in [3.63, 3.8) is 0 Å². The molecule has 0 fully saturated rings. The number of allylic oxidation sites excluding steroid dienone is 3. The number of hydrogen-bond donors (Lipinski definition) is 0. The highest BCUT2D eigenvalue weighted by atomic mass is 15.1. The third kappa shape index (κ3) is 48.6. The van der Waals surface area contributed by atoms with E-state index in [1.165, 1.54) is 108 Å². The maximum absolute atomic E-state index is 4.54. The molecule has 0 saturated heterocycles. The molecule has 0 aliphatic carbocycles. The summed E-state index contributed by atoms with van der Waals surface area (Å²) in [4.78, 5) is 6.94. The number of aliphatic imine (C=N–C) groups is 1. The molecule has 42 heavy (non-hydrogen) atoms. The van der Waals surface area contributed by atoms with E-state index in [1.807, 2.05) is 54.7 Å². The Bertz CT molecular complexity index is 512. The van der Waals surface area contributed by atoms with E-state index in [-0.39, 0.29) is 0 Å². The number of hydrogen-bond acceptors (Lipinski definition) is 2. The van der Waals surface area contributed by atoms with Crippen LogP contribution in [0.25, 0.3) is 0 Å². The van der Waals surface area contributed by atoms with Gasteiger partial charge in [0.05, 0.1) is 5.71 Å². The quantitative estimate of drug-likeness (QED) is 0.0733. The summed E-state index contributed by atoms with van der Waals surface area (Å²) in [5.41, 5.74) is 3.75. The fourth-order valence-corrected chi connectivity index (χ4v) is 3.99. The van der Waals surface area contributed by atoms with E-state index in [9.17, 15) is 0 Å². The molecule has 0 unspecified atom stereocenters. The van der Waals surface area contributed by atoms with Gasteiger partial charge in [0.1, 0.15) is 0 Å². The van der Waals surface area contributed by atoms with Crippen molar-refractivity contribution in [1.82, 2.24) is 4.90 Å². The summed E-state index contributed by atoms with van der Waals surface area (Å²) in [5, 5.41) is 0. The van der Waals surface area contributed by atoms with Gasteiger partial charge in [-0.3, -0.25) is 4.99 Å². The average Bonchev–Trinajstić information content (AvgIpc) is 3.03. The number of rotatable bonds is 21. The van der Waals surface area contributed by atoms with Crippen molar-refractivity contribution in [3.05, 3.63) is 36.5 Å². The highest BCUT2D eigenvalue weighted by molar-refractivity contribution is 6.11. The van der Waals surface area contributed by atoms with Crippen LogP contribution in [0.3, 0.4) is 0 Å². The highest BCUT2D eigenvalue weighted by Crippen LogP contribution is 2.18. The van der Waals surface area contributed by atoms with Gasteiger partial charge in [-0.15, -0.1) is 6.58 Å². The van der Waals surface area contributed by atoms with Gasteiger partial charge in [-0.2, -0.15) is 0 Å². The van der Waals surface area contributed by atoms with E-state index in [1.54, 1.807) is 0 Å². The van der Waals surface area contributed by atoms with Crippen molar-refractivity contribution in [2.24, 2.45) is 4.99 Å². The molecule has 0 heterocycles. The summed E-state index contributed by atoms with van der Waals surface area (Å²) in [7, 11) is 4.11. The first-order valence-corrected chi connectivity index (χ1v) is 18.6. The van der Waals surface area contributed by atoms with Gasteiger partial charge in [-0.05, 0) is 69.7 Å². The summed E-state index contributed by atoms with van der Waals surface area (Å²) >= 11 is 0. The highest BCUT2D eigenvalue weighted by Gasteiger charge is 2.09. The molecule has 2 nitrogen and oxygen atoms in total. The third-order valence-corrected chi connectivity index (χ3v) is 6.30. The van der Waals surface area contributed by atoms with Crippen LogP contribution in [0, 0.1) is 0 Å². The molecule has 0 saturated carbocycles. The second-order valence-electron chi connectivity index (χ2n) is 10.0. The molecule has 2 heteroatoms. The van der Waals surface area contributed by atoms with Crippen LogP contribution in [0.4, 0.5) is 0 Å². The predicted molar refractivity (Wildman–Crippen MR) is 205 cm³/mol. The first kappa shape index (κ1) is 53.4. The molecular formula is C40H86N2. The maximum Gasteiger partial charge on any atom is 0.0625 e. The Hall–Kier alpha value is -1.15. The Kier molecular flexibility index (Phi) is 70.9. The first-order valence-electron chi connectivity index (χ1n) is 18.6. The van der Waals surface area contributed by atoms with E-state index >= 15 is 0 Å². The fraction of sp³-hybridized carbons (Fsp3) is 0.825. The zero-order valence-corrected chi connectivity index (χ0v) is 32.4. The Morgan fingerprint density at radius 2 is 1.07 bits per heavy atom. The van der Waals surface area contributed by atoms with Crippen LogP contribution >= 0.6 is 0 Å². The summed E-state index contributed by atoms with van der Waals surface area (Å²) < 4.78 is 0. The van der Waals surface area contributed by atoms with Crippen LogP contribution in [-0.2, 0) is 0 Å². The van der Waals surface area contributed by atoms with E-state index in [2.05, 4.69) is 77.7 Å². The molecule has 256 valence electrons. The lowest BCUT2D eigenvalue weighted by molar-refractivity contribution is 0.341. The number of nitrogens with zero attached hydrogens (tertiary/aromatic N) is 2. The summed E-state index contributed by atoms with van der Waals surface area (Å²) in [5.74, 6) is 0. The number of unbranched alkanes of at least 4 members (excludes halogenated alkanes) is 10. The Labute approximate surface area is 271 Å². The van der Waals surface area contributed by atoms with Crippen molar-refractivity contribution < 1.29 is 0 Å². The van der Waals surface area contributed by atoms with Crippen molar-refractivity contribution in [2.75, 3.05) is 27.2 Å². The fourth-order valence-electron chi connectivity index (χ4n) is 3.99. The molecule has 0 radical (unpaired) electrons. The van der Waals surface area contributed by atoms with E-state index < -0.39 is 0 Å². The lowest BCUT2D eigenvalue weighted by atomic mass is 9.96. The Balaban J connectivity index is -0.000000139. The smallest absolute Gasteiger partial charge is 0.0625 e. The van der Waals surface area contributed by atoms with Crippen LogP contribution < -0.4 is 0 Å². The largest absolute Gasteiger partial charge is 0.306 e. The maximum atomic E-state index is 4.54.